The summed E-state index contributed by atoms with van der Waals surface area (Å²) >= 11 is 0. The van der Waals surface area contributed by atoms with Crippen molar-refractivity contribution < 1.29 is 18.8 Å². The highest BCUT2D eigenvalue weighted by Gasteiger charge is 2.27. The molecule has 0 spiro atoms. The van der Waals surface area contributed by atoms with E-state index in [9.17, 15) is 9.59 Å². The van der Waals surface area contributed by atoms with E-state index in [1.807, 2.05) is 12.1 Å². The Balaban J connectivity index is 1.64. The fourth-order valence-corrected chi connectivity index (χ4v) is 3.09. The Morgan fingerprint density at radius 1 is 1.38 bits per heavy atom. The second-order valence-electron chi connectivity index (χ2n) is 6.03. The van der Waals surface area contributed by atoms with E-state index in [2.05, 4.69) is 17.3 Å². The molecule has 24 heavy (non-hydrogen) atoms. The van der Waals surface area contributed by atoms with Gasteiger partial charge in [-0.15, -0.1) is 0 Å². The minimum absolute atomic E-state index is 0.0215. The molecule has 0 aliphatic heterocycles. The van der Waals surface area contributed by atoms with Gasteiger partial charge in [0.2, 0.25) is 5.76 Å². The van der Waals surface area contributed by atoms with Crippen LogP contribution in [0.25, 0.3) is 0 Å². The van der Waals surface area contributed by atoms with Crippen molar-refractivity contribution in [3.05, 3.63) is 52.9 Å². The number of rotatable bonds is 4. The summed E-state index contributed by atoms with van der Waals surface area (Å²) in [6.45, 7) is 1.38. The van der Waals surface area contributed by atoms with Crippen molar-refractivity contribution in [2.75, 3.05) is 13.7 Å². The number of fused-ring (bicyclic) bond motifs is 1. The van der Waals surface area contributed by atoms with Crippen LogP contribution in [0.1, 0.15) is 46.1 Å². The maximum absolute atomic E-state index is 12.4. The SMILES string of the molecule is Cc1cnoc1C(=O)OCC(=O)N(C)C1CCCc2ccccc21. The molecule has 0 N–H and O–H groups in total. The molecule has 0 saturated heterocycles. The Labute approximate surface area is 140 Å². The first-order chi connectivity index (χ1) is 11.6. The first kappa shape index (κ1) is 16.2. The molecule has 1 atom stereocenters. The number of hydrogen-bond donors (Lipinski definition) is 0. The van der Waals surface area contributed by atoms with E-state index in [4.69, 9.17) is 9.26 Å². The zero-order chi connectivity index (χ0) is 17.1. The first-order valence-corrected chi connectivity index (χ1v) is 8.00. The molecule has 3 rings (SSSR count). The Morgan fingerprint density at radius 3 is 2.92 bits per heavy atom. The fraction of sp³-hybridized carbons (Fsp3) is 0.389. The molecule has 126 valence electrons. The third kappa shape index (κ3) is 3.18. The predicted octanol–water partition coefficient (Wildman–Crippen LogP) is 2.68. The average Bonchev–Trinajstić information content (AvgIpc) is 3.04. The molecular weight excluding hydrogens is 308 g/mol. The lowest BCUT2D eigenvalue weighted by Crippen LogP contribution is -2.36. The number of benzene rings is 1. The van der Waals surface area contributed by atoms with Gasteiger partial charge in [0, 0.05) is 12.6 Å². The lowest BCUT2D eigenvalue weighted by Gasteiger charge is -2.33. The van der Waals surface area contributed by atoms with Crippen LogP contribution in [0.4, 0.5) is 0 Å². The molecule has 1 unspecified atom stereocenters. The van der Waals surface area contributed by atoms with Gasteiger partial charge in [-0.05, 0) is 37.3 Å². The molecule has 1 aromatic carbocycles. The summed E-state index contributed by atoms with van der Waals surface area (Å²) in [7, 11) is 1.75. The fourth-order valence-electron chi connectivity index (χ4n) is 3.09. The quantitative estimate of drug-likeness (QED) is 0.807. The van der Waals surface area contributed by atoms with Gasteiger partial charge >= 0.3 is 5.97 Å². The van der Waals surface area contributed by atoms with Gasteiger partial charge in [-0.3, -0.25) is 4.79 Å². The van der Waals surface area contributed by atoms with E-state index in [1.165, 1.54) is 17.3 Å². The molecule has 0 bridgehead atoms. The number of hydrogen-bond acceptors (Lipinski definition) is 5. The molecule has 6 heteroatoms. The van der Waals surface area contributed by atoms with Crippen LogP contribution in [0.2, 0.25) is 0 Å². The summed E-state index contributed by atoms with van der Waals surface area (Å²) in [5.74, 6) is -0.869. The third-order valence-electron chi connectivity index (χ3n) is 4.46. The minimum atomic E-state index is -0.671. The zero-order valence-corrected chi connectivity index (χ0v) is 13.8. The summed E-state index contributed by atoms with van der Waals surface area (Å²) in [4.78, 5) is 26.0. The first-order valence-electron chi connectivity index (χ1n) is 8.00. The number of aromatic nitrogens is 1. The van der Waals surface area contributed by atoms with Crippen molar-refractivity contribution in [3.8, 4) is 0 Å². The smallest absolute Gasteiger partial charge is 0.377 e. The van der Waals surface area contributed by atoms with Crippen molar-refractivity contribution in [1.29, 1.82) is 0 Å². The maximum atomic E-state index is 12.4. The van der Waals surface area contributed by atoms with Crippen LogP contribution in [0, 0.1) is 6.92 Å². The lowest BCUT2D eigenvalue weighted by molar-refractivity contribution is -0.135. The Kier molecular flexibility index (Phi) is 4.64. The van der Waals surface area contributed by atoms with Gasteiger partial charge in [0.05, 0.1) is 12.2 Å². The molecular formula is C18H20N2O4. The van der Waals surface area contributed by atoms with E-state index in [-0.39, 0.29) is 24.3 Å². The van der Waals surface area contributed by atoms with Gasteiger partial charge in [0.25, 0.3) is 5.91 Å². The second kappa shape index (κ2) is 6.86. The van der Waals surface area contributed by atoms with Crippen molar-refractivity contribution >= 4 is 11.9 Å². The Bertz CT molecular complexity index is 753. The summed E-state index contributed by atoms with van der Waals surface area (Å²) in [6, 6.07) is 8.19. The molecule has 1 amide bonds. The molecule has 1 aliphatic rings. The highest BCUT2D eigenvalue weighted by Crippen LogP contribution is 2.33. The number of nitrogens with zero attached hydrogens (tertiary/aromatic N) is 2. The number of likely N-dealkylation sites (N-methyl/N-ethyl adjacent to an activating group) is 1. The minimum Gasteiger partial charge on any atom is -0.450 e. The van der Waals surface area contributed by atoms with Crippen LogP contribution in [-0.4, -0.2) is 35.6 Å². The number of amides is 1. The van der Waals surface area contributed by atoms with Crippen LogP contribution in [0.15, 0.2) is 35.0 Å². The largest absolute Gasteiger partial charge is 0.450 e. The van der Waals surface area contributed by atoms with Gasteiger partial charge in [-0.25, -0.2) is 4.79 Å². The number of carbonyl (C=O) groups excluding carboxylic acids is 2. The number of aryl methyl sites for hydroxylation is 2. The van der Waals surface area contributed by atoms with Crippen LogP contribution in [-0.2, 0) is 16.0 Å². The van der Waals surface area contributed by atoms with Gasteiger partial charge in [-0.2, -0.15) is 0 Å². The highest BCUT2D eigenvalue weighted by atomic mass is 16.6. The van der Waals surface area contributed by atoms with Gasteiger partial charge in [0.15, 0.2) is 6.61 Å². The topological polar surface area (TPSA) is 72.6 Å². The number of carbonyl (C=O) groups is 2. The van der Waals surface area contributed by atoms with Crippen molar-refractivity contribution in [2.24, 2.45) is 0 Å². The molecule has 0 saturated carbocycles. The van der Waals surface area contributed by atoms with Gasteiger partial charge in [0.1, 0.15) is 0 Å². The number of esters is 1. The highest BCUT2D eigenvalue weighted by molar-refractivity contribution is 5.89. The summed E-state index contributed by atoms with van der Waals surface area (Å²) in [6.07, 6.45) is 4.42. The lowest BCUT2D eigenvalue weighted by atomic mass is 9.87. The van der Waals surface area contributed by atoms with E-state index >= 15 is 0 Å². The summed E-state index contributed by atoms with van der Waals surface area (Å²) in [5, 5.41) is 3.53. The molecule has 1 aliphatic carbocycles. The van der Waals surface area contributed by atoms with Crippen LogP contribution < -0.4 is 0 Å². The van der Waals surface area contributed by atoms with E-state index in [0.29, 0.717) is 5.56 Å². The zero-order valence-electron chi connectivity index (χ0n) is 13.8. The summed E-state index contributed by atoms with van der Waals surface area (Å²) in [5.41, 5.74) is 3.04. The second-order valence-corrected chi connectivity index (χ2v) is 6.03. The predicted molar refractivity (Wildman–Crippen MR) is 86.4 cm³/mol. The average molecular weight is 328 g/mol. The third-order valence-corrected chi connectivity index (χ3v) is 4.46. The molecule has 0 radical (unpaired) electrons. The molecule has 2 aromatic rings. The normalized spacial score (nSPS) is 16.3. The Morgan fingerprint density at radius 2 is 2.17 bits per heavy atom. The molecule has 1 aromatic heterocycles. The summed E-state index contributed by atoms with van der Waals surface area (Å²) < 4.78 is 9.90. The van der Waals surface area contributed by atoms with Crippen LogP contribution in [0.3, 0.4) is 0 Å². The van der Waals surface area contributed by atoms with Crippen molar-refractivity contribution in [2.45, 2.75) is 32.2 Å². The van der Waals surface area contributed by atoms with Crippen LogP contribution in [0.5, 0.6) is 0 Å². The Hall–Kier alpha value is -2.63. The monoisotopic (exact) mass is 328 g/mol. The maximum Gasteiger partial charge on any atom is 0.377 e. The van der Waals surface area contributed by atoms with E-state index in [0.717, 1.165) is 19.3 Å². The van der Waals surface area contributed by atoms with Crippen LogP contribution >= 0.6 is 0 Å². The van der Waals surface area contributed by atoms with E-state index in [1.54, 1.807) is 18.9 Å². The molecule has 1 heterocycles. The molecule has 0 fully saturated rings. The molecule has 6 nitrogen and oxygen atoms in total. The standard InChI is InChI=1S/C18H20N2O4/c1-12-10-19-24-17(12)18(22)23-11-16(21)20(2)15-9-5-7-13-6-3-4-8-14(13)15/h3-4,6,8,10,15H,5,7,9,11H2,1-2H3. The van der Waals surface area contributed by atoms with Gasteiger partial charge < -0.3 is 14.2 Å². The van der Waals surface area contributed by atoms with E-state index < -0.39 is 5.97 Å². The van der Waals surface area contributed by atoms with Crippen molar-refractivity contribution in [3.63, 3.8) is 0 Å². The van der Waals surface area contributed by atoms with Gasteiger partial charge in [-0.1, -0.05) is 29.4 Å². The van der Waals surface area contributed by atoms with Crippen molar-refractivity contribution in [1.82, 2.24) is 10.1 Å². The number of ether oxygens (including phenoxy) is 1.